The summed E-state index contributed by atoms with van der Waals surface area (Å²) in [5.41, 5.74) is 4.87. The molecule has 0 aliphatic heterocycles. The van der Waals surface area contributed by atoms with E-state index >= 15 is 0 Å². The molecule has 1 heterocycles. The molecule has 0 unspecified atom stereocenters. The van der Waals surface area contributed by atoms with Gasteiger partial charge in [0, 0.05) is 16.3 Å². The van der Waals surface area contributed by atoms with Gasteiger partial charge in [-0.1, -0.05) is 35.9 Å². The Kier molecular flexibility index (Phi) is 5.77. The number of aromatic nitrogens is 2. The zero-order valence-electron chi connectivity index (χ0n) is 15.3. The zero-order chi connectivity index (χ0) is 19.6. The lowest BCUT2D eigenvalue weighted by atomic mass is 10.2. The fourth-order valence-corrected chi connectivity index (χ4v) is 3.28. The first kappa shape index (κ1) is 19.3. The smallest absolute Gasteiger partial charge is 0.175 e. The van der Waals surface area contributed by atoms with Gasteiger partial charge in [0.05, 0.1) is 23.6 Å². The minimum atomic E-state index is -0.346. The number of aryl methyl sites for hydroxylation is 2. The predicted molar refractivity (Wildman–Crippen MR) is 113 cm³/mol. The van der Waals surface area contributed by atoms with Gasteiger partial charge in [-0.15, -0.1) is 0 Å². The first-order valence-electron chi connectivity index (χ1n) is 8.47. The quantitative estimate of drug-likeness (QED) is 0.569. The van der Waals surface area contributed by atoms with Gasteiger partial charge in [0.25, 0.3) is 0 Å². The van der Waals surface area contributed by atoms with Crippen molar-refractivity contribution in [3.05, 3.63) is 75.8 Å². The summed E-state index contributed by atoms with van der Waals surface area (Å²) < 4.78 is 15.8. The summed E-state index contributed by atoms with van der Waals surface area (Å²) >= 11 is 11.6. The van der Waals surface area contributed by atoms with Crippen molar-refractivity contribution >= 4 is 40.3 Å². The Morgan fingerprint density at radius 1 is 1.11 bits per heavy atom. The Labute approximate surface area is 168 Å². The summed E-state index contributed by atoms with van der Waals surface area (Å²) in [6.07, 6.45) is 0. The maximum absolute atomic E-state index is 14.1. The van der Waals surface area contributed by atoms with E-state index in [9.17, 15) is 4.39 Å². The van der Waals surface area contributed by atoms with Crippen molar-refractivity contribution in [2.24, 2.45) is 0 Å². The van der Waals surface area contributed by atoms with Gasteiger partial charge in [-0.05, 0) is 56.8 Å². The van der Waals surface area contributed by atoms with Crippen LogP contribution in [0.1, 0.15) is 22.5 Å². The lowest BCUT2D eigenvalue weighted by Crippen LogP contribution is -2.20. The van der Waals surface area contributed by atoms with Crippen LogP contribution in [-0.2, 0) is 6.54 Å². The third-order valence-corrected chi connectivity index (χ3v) is 4.94. The van der Waals surface area contributed by atoms with E-state index in [0.29, 0.717) is 15.7 Å². The number of nitrogens with zero attached hydrogens (tertiary/aromatic N) is 2. The van der Waals surface area contributed by atoms with Crippen LogP contribution in [0.15, 0.2) is 42.5 Å². The number of benzene rings is 2. The highest BCUT2D eigenvalue weighted by molar-refractivity contribution is 7.80. The number of rotatable bonds is 4. The molecule has 0 amide bonds. The Morgan fingerprint density at radius 3 is 2.56 bits per heavy atom. The molecule has 3 aromatic rings. The molecule has 0 atom stereocenters. The number of para-hydroxylation sites is 1. The molecule has 0 saturated heterocycles. The number of thiocarbonyl (C=S) groups is 1. The molecule has 3 rings (SSSR count). The number of hydrogen-bond donors (Lipinski definition) is 2. The van der Waals surface area contributed by atoms with Crippen LogP contribution in [0.4, 0.5) is 15.8 Å². The van der Waals surface area contributed by atoms with E-state index in [1.807, 2.05) is 45.0 Å². The minimum Gasteiger partial charge on any atom is -0.332 e. The SMILES string of the molecule is Cc1ccccc1NC(=S)Nc1c(C)nn(Cc2c(F)cccc2Cl)c1C. The summed E-state index contributed by atoms with van der Waals surface area (Å²) in [6.45, 7) is 6.05. The standard InChI is InChI=1S/C20H20ClFN4S/c1-12-7-4-5-10-18(12)23-20(27)24-19-13(2)25-26(14(19)3)11-15-16(21)8-6-9-17(15)22/h4-10H,11H2,1-3H3,(H2,23,24,27). The van der Waals surface area contributed by atoms with Gasteiger partial charge in [-0.2, -0.15) is 5.10 Å². The maximum atomic E-state index is 14.1. The van der Waals surface area contributed by atoms with E-state index < -0.39 is 0 Å². The molecule has 140 valence electrons. The fraction of sp³-hybridized carbons (Fsp3) is 0.200. The summed E-state index contributed by atoms with van der Waals surface area (Å²) in [4.78, 5) is 0. The third kappa shape index (κ3) is 4.28. The molecule has 2 N–H and O–H groups in total. The number of nitrogens with one attached hydrogen (secondary N) is 2. The number of hydrogen-bond acceptors (Lipinski definition) is 2. The molecule has 0 bridgehead atoms. The third-order valence-electron chi connectivity index (χ3n) is 4.38. The van der Waals surface area contributed by atoms with Gasteiger partial charge in [-0.3, -0.25) is 4.68 Å². The molecular weight excluding hydrogens is 383 g/mol. The van der Waals surface area contributed by atoms with Crippen molar-refractivity contribution in [1.82, 2.24) is 9.78 Å². The van der Waals surface area contributed by atoms with Crippen LogP contribution >= 0.6 is 23.8 Å². The van der Waals surface area contributed by atoms with Crippen LogP contribution < -0.4 is 10.6 Å². The molecule has 0 spiro atoms. The highest BCUT2D eigenvalue weighted by Gasteiger charge is 2.16. The van der Waals surface area contributed by atoms with Gasteiger partial charge in [0.15, 0.2) is 5.11 Å². The molecule has 1 aromatic heterocycles. The molecule has 4 nitrogen and oxygen atoms in total. The Bertz CT molecular complexity index is 979. The molecule has 0 aliphatic rings. The molecule has 7 heteroatoms. The van der Waals surface area contributed by atoms with Gasteiger partial charge in [0.2, 0.25) is 0 Å². The second kappa shape index (κ2) is 8.06. The van der Waals surface area contributed by atoms with Crippen molar-refractivity contribution in [1.29, 1.82) is 0 Å². The van der Waals surface area contributed by atoms with Crippen LogP contribution in [0.2, 0.25) is 5.02 Å². The summed E-state index contributed by atoms with van der Waals surface area (Å²) in [7, 11) is 0. The van der Waals surface area contributed by atoms with Gasteiger partial charge in [-0.25, -0.2) is 4.39 Å². The largest absolute Gasteiger partial charge is 0.332 e. The number of halogens is 2. The van der Waals surface area contributed by atoms with Crippen molar-refractivity contribution in [3.8, 4) is 0 Å². The lowest BCUT2D eigenvalue weighted by molar-refractivity contribution is 0.579. The average Bonchev–Trinajstić information content (AvgIpc) is 2.88. The number of anilines is 2. The highest BCUT2D eigenvalue weighted by Crippen LogP contribution is 2.25. The Morgan fingerprint density at radius 2 is 1.85 bits per heavy atom. The van der Waals surface area contributed by atoms with Crippen LogP contribution in [0.25, 0.3) is 0 Å². The topological polar surface area (TPSA) is 41.9 Å². The van der Waals surface area contributed by atoms with Crippen molar-refractivity contribution in [3.63, 3.8) is 0 Å². The first-order chi connectivity index (χ1) is 12.9. The summed E-state index contributed by atoms with van der Waals surface area (Å²) in [6, 6.07) is 12.6. The van der Waals surface area contributed by atoms with Crippen LogP contribution in [0.3, 0.4) is 0 Å². The van der Waals surface area contributed by atoms with E-state index in [4.69, 9.17) is 23.8 Å². The molecular formula is C20H20ClFN4S. The van der Waals surface area contributed by atoms with E-state index in [1.54, 1.807) is 16.8 Å². The second-order valence-electron chi connectivity index (χ2n) is 6.30. The van der Waals surface area contributed by atoms with Gasteiger partial charge in [0.1, 0.15) is 5.82 Å². The van der Waals surface area contributed by atoms with E-state index in [-0.39, 0.29) is 12.4 Å². The summed E-state index contributed by atoms with van der Waals surface area (Å²) in [5.74, 6) is -0.346. The molecule has 0 radical (unpaired) electrons. The van der Waals surface area contributed by atoms with E-state index in [1.165, 1.54) is 6.07 Å². The Hall–Kier alpha value is -2.44. The average molecular weight is 403 g/mol. The van der Waals surface area contributed by atoms with Crippen LogP contribution in [0.5, 0.6) is 0 Å². The second-order valence-corrected chi connectivity index (χ2v) is 7.11. The van der Waals surface area contributed by atoms with Crippen LogP contribution in [0, 0.1) is 26.6 Å². The van der Waals surface area contributed by atoms with Gasteiger partial charge < -0.3 is 10.6 Å². The molecule has 2 aromatic carbocycles. The van der Waals surface area contributed by atoms with E-state index in [0.717, 1.165) is 28.3 Å². The molecule has 0 aliphatic carbocycles. The molecule has 27 heavy (non-hydrogen) atoms. The van der Waals surface area contributed by atoms with Crippen LogP contribution in [-0.4, -0.2) is 14.9 Å². The fourth-order valence-electron chi connectivity index (χ4n) is 2.85. The zero-order valence-corrected chi connectivity index (χ0v) is 16.9. The normalized spacial score (nSPS) is 10.7. The van der Waals surface area contributed by atoms with E-state index in [2.05, 4.69) is 15.7 Å². The summed E-state index contributed by atoms with van der Waals surface area (Å²) in [5, 5.41) is 11.8. The highest BCUT2D eigenvalue weighted by atomic mass is 35.5. The first-order valence-corrected chi connectivity index (χ1v) is 9.26. The van der Waals surface area contributed by atoms with Crippen molar-refractivity contribution in [2.45, 2.75) is 27.3 Å². The molecule has 0 fully saturated rings. The van der Waals surface area contributed by atoms with Crippen molar-refractivity contribution < 1.29 is 4.39 Å². The lowest BCUT2D eigenvalue weighted by Gasteiger charge is -2.13. The molecule has 0 saturated carbocycles. The predicted octanol–water partition coefficient (Wildman–Crippen LogP) is 5.46. The van der Waals surface area contributed by atoms with Crippen molar-refractivity contribution in [2.75, 3.05) is 10.6 Å². The monoisotopic (exact) mass is 402 g/mol. The van der Waals surface area contributed by atoms with Gasteiger partial charge >= 0.3 is 0 Å². The maximum Gasteiger partial charge on any atom is 0.175 e. The minimum absolute atomic E-state index is 0.248. The Balaban J connectivity index is 1.80.